The lowest BCUT2D eigenvalue weighted by Gasteiger charge is -2.40. The number of likely N-dealkylation sites (tertiary alicyclic amines) is 1. The van der Waals surface area contributed by atoms with Crippen molar-refractivity contribution in [2.24, 2.45) is 5.41 Å². The number of carbonyl (C=O) groups excluding carboxylic acids is 2. The first-order valence-corrected chi connectivity index (χ1v) is 12.4. The summed E-state index contributed by atoms with van der Waals surface area (Å²) in [5.41, 5.74) is 1.70. The van der Waals surface area contributed by atoms with E-state index in [2.05, 4.69) is 35.6 Å². The number of amides is 1. The van der Waals surface area contributed by atoms with Crippen LogP contribution in [-0.2, 0) is 27.4 Å². The summed E-state index contributed by atoms with van der Waals surface area (Å²) in [5.74, 6) is 0.970. The number of hydrogen-bond acceptors (Lipinski definition) is 11. The molecule has 1 aliphatic carbocycles. The molecular formula is C24H27N9O4. The highest BCUT2D eigenvalue weighted by Crippen LogP contribution is 2.47. The maximum Gasteiger partial charge on any atom is 0.336 e. The van der Waals surface area contributed by atoms with Crippen LogP contribution >= 0.6 is 0 Å². The second-order valence-electron chi connectivity index (χ2n) is 9.83. The van der Waals surface area contributed by atoms with Crippen LogP contribution in [0, 0.1) is 5.41 Å². The minimum atomic E-state index is -0.378. The molecule has 0 N–H and O–H groups in total. The number of rotatable bonds is 7. The lowest BCUT2D eigenvalue weighted by molar-refractivity contribution is -0.138. The number of aromatic nitrogens is 7. The first-order valence-electron chi connectivity index (χ1n) is 12.4. The van der Waals surface area contributed by atoms with Gasteiger partial charge >= 0.3 is 5.97 Å². The highest BCUT2D eigenvalue weighted by Gasteiger charge is 2.50. The van der Waals surface area contributed by atoms with E-state index in [1.54, 1.807) is 24.3 Å². The van der Waals surface area contributed by atoms with E-state index in [1.165, 1.54) is 11.0 Å². The summed E-state index contributed by atoms with van der Waals surface area (Å²) >= 11 is 0. The van der Waals surface area contributed by atoms with E-state index in [0.717, 1.165) is 43.5 Å². The number of esters is 1. The molecule has 2 aliphatic heterocycles. The third-order valence-electron chi connectivity index (χ3n) is 7.82. The molecule has 2 fully saturated rings. The Morgan fingerprint density at radius 3 is 2.65 bits per heavy atom. The summed E-state index contributed by atoms with van der Waals surface area (Å²) in [5, 5.41) is 19.7. The highest BCUT2D eigenvalue weighted by molar-refractivity contribution is 5.94. The Bertz CT molecular complexity index is 1300. The quantitative estimate of drug-likeness (QED) is 0.430. The van der Waals surface area contributed by atoms with Crippen LogP contribution in [0.4, 0.5) is 0 Å². The van der Waals surface area contributed by atoms with Crippen LogP contribution in [0.1, 0.15) is 50.6 Å². The highest BCUT2D eigenvalue weighted by atomic mass is 16.5. The van der Waals surface area contributed by atoms with E-state index in [-0.39, 0.29) is 29.9 Å². The van der Waals surface area contributed by atoms with Gasteiger partial charge in [-0.2, -0.15) is 9.78 Å². The number of oxazole rings is 1. The van der Waals surface area contributed by atoms with Crippen LogP contribution in [0.25, 0.3) is 5.82 Å². The topological polar surface area (TPSA) is 145 Å². The normalized spacial score (nSPS) is 24.1. The van der Waals surface area contributed by atoms with Gasteiger partial charge in [0.2, 0.25) is 11.8 Å². The third-order valence-corrected chi connectivity index (χ3v) is 7.82. The molecule has 3 aromatic rings. The molecule has 0 aromatic carbocycles. The van der Waals surface area contributed by atoms with Gasteiger partial charge in [0.25, 0.3) is 0 Å². The predicted octanol–water partition coefficient (Wildman–Crippen LogP) is 1.43. The molecule has 13 nitrogen and oxygen atoms in total. The molecule has 1 saturated heterocycles. The fraction of sp³-hybridized carbons (Fsp3) is 0.500. The maximum atomic E-state index is 13.5. The summed E-state index contributed by atoms with van der Waals surface area (Å²) in [7, 11) is 0. The monoisotopic (exact) mass is 505 g/mol. The second kappa shape index (κ2) is 9.47. The molecule has 0 unspecified atom stereocenters. The zero-order valence-corrected chi connectivity index (χ0v) is 20.5. The maximum absolute atomic E-state index is 13.5. The Hall–Kier alpha value is -4.00. The molecule has 13 heteroatoms. The van der Waals surface area contributed by atoms with Crippen molar-refractivity contribution in [1.29, 1.82) is 0 Å². The molecular weight excluding hydrogens is 478 g/mol. The molecule has 5 heterocycles. The van der Waals surface area contributed by atoms with Crippen LogP contribution in [0.15, 0.2) is 46.6 Å². The Kier molecular flexibility index (Phi) is 5.99. The van der Waals surface area contributed by atoms with Gasteiger partial charge in [-0.1, -0.05) is 0 Å². The summed E-state index contributed by atoms with van der Waals surface area (Å²) in [4.78, 5) is 33.8. The van der Waals surface area contributed by atoms with E-state index < -0.39 is 0 Å². The Balaban J connectivity index is 1.15. The van der Waals surface area contributed by atoms with Gasteiger partial charge < -0.3 is 14.1 Å². The zero-order chi connectivity index (χ0) is 25.4. The van der Waals surface area contributed by atoms with Crippen molar-refractivity contribution in [3.8, 4) is 5.82 Å². The smallest absolute Gasteiger partial charge is 0.336 e. The van der Waals surface area contributed by atoms with Gasteiger partial charge in [0.15, 0.2) is 5.82 Å². The van der Waals surface area contributed by atoms with E-state index in [9.17, 15) is 9.59 Å². The summed E-state index contributed by atoms with van der Waals surface area (Å²) < 4.78 is 12.1. The number of cyclic esters (lactones) is 1. The Morgan fingerprint density at radius 1 is 1.14 bits per heavy atom. The lowest BCUT2D eigenvalue weighted by Crippen LogP contribution is -2.43. The van der Waals surface area contributed by atoms with Crippen molar-refractivity contribution in [3.63, 3.8) is 0 Å². The molecule has 0 bridgehead atoms. The van der Waals surface area contributed by atoms with Crippen LogP contribution in [0.3, 0.4) is 0 Å². The van der Waals surface area contributed by atoms with Crippen molar-refractivity contribution in [3.05, 3.63) is 53.8 Å². The van der Waals surface area contributed by atoms with Gasteiger partial charge in [-0.25, -0.2) is 9.78 Å². The van der Waals surface area contributed by atoms with Gasteiger partial charge in [0.05, 0.1) is 35.1 Å². The van der Waals surface area contributed by atoms with E-state index in [1.807, 2.05) is 12.1 Å². The van der Waals surface area contributed by atoms with E-state index >= 15 is 0 Å². The van der Waals surface area contributed by atoms with Crippen molar-refractivity contribution < 1.29 is 18.7 Å². The number of ether oxygens (including phenoxy) is 1. The summed E-state index contributed by atoms with van der Waals surface area (Å²) in [6, 6.07) is 3.98. The van der Waals surface area contributed by atoms with Crippen molar-refractivity contribution in [1.82, 2.24) is 45.2 Å². The average Bonchev–Trinajstić information content (AvgIpc) is 3.73. The number of hydrogen-bond donors (Lipinski definition) is 0. The van der Waals surface area contributed by atoms with Gasteiger partial charge in [0.1, 0.15) is 19.2 Å². The Morgan fingerprint density at radius 2 is 2.00 bits per heavy atom. The van der Waals surface area contributed by atoms with Crippen LogP contribution in [0.5, 0.6) is 0 Å². The Labute approximate surface area is 212 Å². The zero-order valence-electron chi connectivity index (χ0n) is 20.5. The molecule has 1 amide bonds. The summed E-state index contributed by atoms with van der Waals surface area (Å²) in [6.07, 6.45) is 8.80. The van der Waals surface area contributed by atoms with E-state index in [0.29, 0.717) is 36.9 Å². The lowest BCUT2D eigenvalue weighted by atomic mass is 9.71. The molecule has 6 rings (SSSR count). The number of tetrazole rings is 1. The predicted molar refractivity (Wildman–Crippen MR) is 125 cm³/mol. The van der Waals surface area contributed by atoms with Crippen LogP contribution in [-0.4, -0.2) is 76.3 Å². The number of carbonyl (C=O) groups is 2. The van der Waals surface area contributed by atoms with E-state index in [4.69, 9.17) is 9.15 Å². The largest absolute Gasteiger partial charge is 0.456 e. The van der Waals surface area contributed by atoms with Crippen LogP contribution < -0.4 is 0 Å². The molecule has 192 valence electrons. The average molecular weight is 506 g/mol. The molecule has 3 aliphatic rings. The minimum Gasteiger partial charge on any atom is -0.456 e. The van der Waals surface area contributed by atoms with Crippen molar-refractivity contribution in [2.45, 2.75) is 58.2 Å². The third kappa shape index (κ3) is 4.39. The van der Waals surface area contributed by atoms with Gasteiger partial charge in [0, 0.05) is 19.1 Å². The number of nitrogens with zero attached hydrogens (tertiary/aromatic N) is 9. The van der Waals surface area contributed by atoms with Gasteiger partial charge in [-0.05, 0) is 61.6 Å². The second-order valence-corrected chi connectivity index (χ2v) is 9.83. The fourth-order valence-electron chi connectivity index (χ4n) is 5.66. The molecule has 37 heavy (non-hydrogen) atoms. The molecule has 1 saturated carbocycles. The summed E-state index contributed by atoms with van der Waals surface area (Å²) in [6.45, 7) is 3.65. The first kappa shape index (κ1) is 23.4. The van der Waals surface area contributed by atoms with Gasteiger partial charge in [-0.3, -0.25) is 9.69 Å². The molecule has 0 atom stereocenters. The fourth-order valence-corrected chi connectivity index (χ4v) is 5.66. The first-order chi connectivity index (χ1) is 18.0. The van der Waals surface area contributed by atoms with Crippen molar-refractivity contribution >= 4 is 11.9 Å². The van der Waals surface area contributed by atoms with Gasteiger partial charge in [-0.15, -0.1) is 10.2 Å². The molecule has 3 aromatic heterocycles. The molecule has 0 radical (unpaired) electrons. The standard InChI is InChI=1S/C24H27N9O4/c1-16-19(14-37-22(16)34)32-10-8-24(23(32)35)6-4-18(5-7-24)31(13-21-25-9-11-36-21)12-17-2-3-20(28-27-17)33-15-26-29-30-33/h2-3,9,11,15,18H,4-8,10,12-14H2,1H3/t18-,24-. The van der Waals surface area contributed by atoms with Crippen molar-refractivity contribution in [2.75, 3.05) is 13.2 Å². The molecule has 1 spiro atoms. The van der Waals surface area contributed by atoms with Crippen LogP contribution in [0.2, 0.25) is 0 Å². The minimum absolute atomic E-state index is 0.127. The SMILES string of the molecule is CC1=C(N2CC[C@]3(CC[C@@H](N(Cc4ccc(-n5cnnn5)nn4)Cc4ncco4)CC3)C2=O)COC1=O.